The molecule has 1 aromatic carbocycles. The predicted molar refractivity (Wildman–Crippen MR) is 97.6 cm³/mol. The van der Waals surface area contributed by atoms with Crippen LogP contribution in [-0.4, -0.2) is 36.5 Å². The summed E-state index contributed by atoms with van der Waals surface area (Å²) in [5.74, 6) is -0.152. The Morgan fingerprint density at radius 1 is 1.00 bits per heavy atom. The number of fused-ring (bicyclic) bond motifs is 1. The second-order valence-electron chi connectivity index (χ2n) is 5.58. The fourth-order valence-corrected chi connectivity index (χ4v) is 2.31. The third kappa shape index (κ3) is 5.15. The van der Waals surface area contributed by atoms with Crippen molar-refractivity contribution >= 4 is 22.8 Å². The Labute approximate surface area is 154 Å². The average molecular weight is 367 g/mol. The molecule has 138 valence electrons. The zero-order chi connectivity index (χ0) is 19.1. The lowest BCUT2D eigenvalue weighted by Crippen LogP contribution is -2.36. The maximum absolute atomic E-state index is 11.8. The Morgan fingerprint density at radius 3 is 2.56 bits per heavy atom. The maximum Gasteiger partial charge on any atom is 0.336 e. The molecule has 0 fully saturated rings. The first-order valence-electron chi connectivity index (χ1n) is 8.23. The molecule has 0 spiro atoms. The summed E-state index contributed by atoms with van der Waals surface area (Å²) in [7, 11) is 0. The van der Waals surface area contributed by atoms with Crippen LogP contribution in [0.2, 0.25) is 0 Å². The number of aromatic nitrogens is 1. The van der Waals surface area contributed by atoms with Crippen LogP contribution in [0.4, 0.5) is 0 Å². The summed E-state index contributed by atoms with van der Waals surface area (Å²) in [4.78, 5) is 38.7. The number of carbonyl (C=O) groups excluding carboxylic acids is 2. The van der Waals surface area contributed by atoms with Gasteiger partial charge in [0.1, 0.15) is 11.3 Å². The number of nitrogens with one attached hydrogen (secondary N) is 2. The Balaban J connectivity index is 1.41. The first-order chi connectivity index (χ1) is 13.1. The fraction of sp³-hybridized carbons (Fsp3) is 0.158. The Hall–Kier alpha value is -3.68. The number of ether oxygens (including phenoxy) is 1. The molecule has 2 N–H and O–H groups in total. The SMILES string of the molecule is O=C(COc1ccc2ccc(=O)oc2c1)NCCNC(=O)c1ccncc1. The second-order valence-corrected chi connectivity index (χ2v) is 5.58. The van der Waals surface area contributed by atoms with Crippen molar-refractivity contribution in [1.82, 2.24) is 15.6 Å². The zero-order valence-corrected chi connectivity index (χ0v) is 14.3. The van der Waals surface area contributed by atoms with Crippen molar-refractivity contribution in [1.29, 1.82) is 0 Å². The minimum absolute atomic E-state index is 0.194. The molecule has 2 heterocycles. The number of nitrogens with zero attached hydrogens (tertiary/aromatic N) is 1. The molecule has 0 aliphatic rings. The van der Waals surface area contributed by atoms with Gasteiger partial charge in [-0.15, -0.1) is 0 Å². The minimum atomic E-state index is -0.453. The van der Waals surface area contributed by atoms with Crippen LogP contribution in [0.25, 0.3) is 11.0 Å². The highest BCUT2D eigenvalue weighted by Crippen LogP contribution is 2.19. The zero-order valence-electron chi connectivity index (χ0n) is 14.3. The number of hydrogen-bond acceptors (Lipinski definition) is 6. The van der Waals surface area contributed by atoms with Crippen LogP contribution in [0.15, 0.2) is 64.1 Å². The van der Waals surface area contributed by atoms with E-state index in [1.165, 1.54) is 18.5 Å². The van der Waals surface area contributed by atoms with Crippen molar-refractivity contribution in [3.63, 3.8) is 0 Å². The highest BCUT2D eigenvalue weighted by atomic mass is 16.5. The molecule has 0 atom stereocenters. The standard InChI is InChI=1S/C19H17N3O5/c23-17(21-9-10-22-19(25)14-5-7-20-8-6-14)12-26-15-3-1-13-2-4-18(24)27-16(13)11-15/h1-8,11H,9-10,12H2,(H,21,23)(H,22,25). The van der Waals surface area contributed by atoms with Gasteiger partial charge in [-0.1, -0.05) is 0 Å². The summed E-state index contributed by atoms with van der Waals surface area (Å²) in [6.07, 6.45) is 3.07. The summed E-state index contributed by atoms with van der Waals surface area (Å²) in [6, 6.07) is 11.2. The molecule has 0 bridgehead atoms. The number of pyridine rings is 1. The first kappa shape index (κ1) is 18.1. The van der Waals surface area contributed by atoms with Gasteiger partial charge in [0.15, 0.2) is 6.61 Å². The van der Waals surface area contributed by atoms with Gasteiger partial charge in [-0.25, -0.2) is 4.79 Å². The molecule has 2 amide bonds. The van der Waals surface area contributed by atoms with Crippen LogP contribution in [0.1, 0.15) is 10.4 Å². The molecular weight excluding hydrogens is 350 g/mol. The van der Waals surface area contributed by atoms with Crippen molar-refractivity contribution in [3.05, 3.63) is 70.8 Å². The number of hydrogen-bond donors (Lipinski definition) is 2. The first-order valence-corrected chi connectivity index (χ1v) is 8.23. The van der Waals surface area contributed by atoms with E-state index in [1.807, 2.05) is 0 Å². The lowest BCUT2D eigenvalue weighted by atomic mass is 10.2. The molecule has 0 radical (unpaired) electrons. The van der Waals surface area contributed by atoms with Crippen LogP contribution in [0.5, 0.6) is 5.75 Å². The van der Waals surface area contributed by atoms with Gasteiger partial charge in [-0.2, -0.15) is 0 Å². The van der Waals surface area contributed by atoms with Gasteiger partial charge >= 0.3 is 5.63 Å². The largest absolute Gasteiger partial charge is 0.484 e. The van der Waals surface area contributed by atoms with Crippen molar-refractivity contribution in [3.8, 4) is 5.75 Å². The highest BCUT2D eigenvalue weighted by molar-refractivity contribution is 5.94. The van der Waals surface area contributed by atoms with Gasteiger partial charge in [0.05, 0.1) is 0 Å². The molecule has 8 nitrogen and oxygen atoms in total. The molecule has 0 unspecified atom stereocenters. The van der Waals surface area contributed by atoms with E-state index >= 15 is 0 Å². The van der Waals surface area contributed by atoms with Crippen LogP contribution < -0.4 is 21.0 Å². The van der Waals surface area contributed by atoms with Gasteiger partial charge in [-0.05, 0) is 30.3 Å². The van der Waals surface area contributed by atoms with Crippen LogP contribution in [0.3, 0.4) is 0 Å². The van der Waals surface area contributed by atoms with Crippen molar-refractivity contribution in [2.24, 2.45) is 0 Å². The molecule has 0 saturated heterocycles. The molecule has 0 saturated carbocycles. The molecule has 0 aliphatic heterocycles. The second kappa shape index (κ2) is 8.61. The lowest BCUT2D eigenvalue weighted by Gasteiger charge is -2.09. The predicted octanol–water partition coefficient (Wildman–Crippen LogP) is 1.11. The van der Waals surface area contributed by atoms with Gasteiger partial charge in [-0.3, -0.25) is 14.6 Å². The van der Waals surface area contributed by atoms with Gasteiger partial charge in [0.2, 0.25) is 0 Å². The fourth-order valence-electron chi connectivity index (χ4n) is 2.31. The third-order valence-corrected chi connectivity index (χ3v) is 3.64. The normalized spacial score (nSPS) is 10.4. The van der Waals surface area contributed by atoms with Crippen LogP contribution >= 0.6 is 0 Å². The summed E-state index contributed by atoms with van der Waals surface area (Å²) in [5, 5.41) is 6.09. The Kier molecular flexibility index (Phi) is 5.78. The summed E-state index contributed by atoms with van der Waals surface area (Å²) in [5.41, 5.74) is 0.438. The van der Waals surface area contributed by atoms with E-state index in [2.05, 4.69) is 15.6 Å². The Bertz CT molecular complexity index is 1000. The van der Waals surface area contributed by atoms with E-state index in [4.69, 9.17) is 9.15 Å². The van der Waals surface area contributed by atoms with E-state index in [-0.39, 0.29) is 31.5 Å². The van der Waals surface area contributed by atoms with Crippen molar-refractivity contribution in [2.75, 3.05) is 19.7 Å². The molecule has 0 aliphatic carbocycles. The van der Waals surface area contributed by atoms with E-state index in [9.17, 15) is 14.4 Å². The molecular formula is C19H17N3O5. The van der Waals surface area contributed by atoms with E-state index in [0.29, 0.717) is 16.9 Å². The number of carbonyl (C=O) groups is 2. The summed E-state index contributed by atoms with van der Waals surface area (Å²) in [6.45, 7) is 0.362. The highest BCUT2D eigenvalue weighted by Gasteiger charge is 2.06. The lowest BCUT2D eigenvalue weighted by molar-refractivity contribution is -0.123. The topological polar surface area (TPSA) is 111 Å². The molecule has 3 aromatic rings. The monoisotopic (exact) mass is 367 g/mol. The summed E-state index contributed by atoms with van der Waals surface area (Å²) < 4.78 is 10.5. The third-order valence-electron chi connectivity index (χ3n) is 3.64. The van der Waals surface area contributed by atoms with Crippen molar-refractivity contribution in [2.45, 2.75) is 0 Å². The Morgan fingerprint density at radius 2 is 1.74 bits per heavy atom. The van der Waals surface area contributed by atoms with Crippen LogP contribution in [-0.2, 0) is 4.79 Å². The molecule has 3 rings (SSSR count). The maximum atomic E-state index is 11.8. The quantitative estimate of drug-likeness (QED) is 0.478. The minimum Gasteiger partial charge on any atom is -0.484 e. The van der Waals surface area contributed by atoms with Crippen LogP contribution in [0, 0.1) is 0 Å². The van der Waals surface area contributed by atoms with Gasteiger partial charge < -0.3 is 19.8 Å². The van der Waals surface area contributed by atoms with Crippen molar-refractivity contribution < 1.29 is 18.7 Å². The number of benzene rings is 1. The van der Waals surface area contributed by atoms with Gasteiger partial charge in [0.25, 0.3) is 11.8 Å². The van der Waals surface area contributed by atoms with E-state index in [1.54, 1.807) is 36.4 Å². The average Bonchev–Trinajstić information content (AvgIpc) is 2.69. The molecule has 8 heteroatoms. The molecule has 27 heavy (non-hydrogen) atoms. The number of amides is 2. The van der Waals surface area contributed by atoms with E-state index < -0.39 is 5.63 Å². The smallest absolute Gasteiger partial charge is 0.336 e. The van der Waals surface area contributed by atoms with Gasteiger partial charge in [0, 0.05) is 48.6 Å². The van der Waals surface area contributed by atoms with E-state index in [0.717, 1.165) is 5.39 Å². The molecule has 2 aromatic heterocycles. The number of rotatable bonds is 7. The summed E-state index contributed by atoms with van der Waals surface area (Å²) >= 11 is 0.